The molecule has 2 aromatic heterocycles. The molecule has 1 aromatic carbocycles. The van der Waals surface area contributed by atoms with E-state index < -0.39 is 0 Å². The third-order valence-corrected chi connectivity index (χ3v) is 4.57. The van der Waals surface area contributed by atoms with E-state index in [1.165, 1.54) is 5.56 Å². The lowest BCUT2D eigenvalue weighted by atomic mass is 10.0. The highest BCUT2D eigenvalue weighted by Gasteiger charge is 2.34. The van der Waals surface area contributed by atoms with E-state index in [-0.39, 0.29) is 18.1 Å². The van der Waals surface area contributed by atoms with Crippen LogP contribution >= 0.6 is 0 Å². The van der Waals surface area contributed by atoms with Crippen molar-refractivity contribution in [3.8, 4) is 0 Å². The van der Waals surface area contributed by atoms with Crippen molar-refractivity contribution < 1.29 is 4.79 Å². The fourth-order valence-electron chi connectivity index (χ4n) is 3.43. The van der Waals surface area contributed by atoms with E-state index in [1.807, 2.05) is 36.4 Å². The SMILES string of the molecule is CN1CC[C@@H](NC(=O)Nc2nc3ccccn3n2)[C@@H]1c1ccccc1. The standard InChI is InChI=1S/C18H20N6O/c1-23-12-10-14(16(23)13-7-3-2-4-8-13)19-18(25)21-17-20-15-9-5-6-11-24(15)22-17/h2-9,11,14,16H,10,12H2,1H3,(H2,19,21,22,25)/t14-,16+/m1/s1. The largest absolute Gasteiger partial charge is 0.333 e. The van der Waals surface area contributed by atoms with Crippen LogP contribution < -0.4 is 10.6 Å². The number of aromatic nitrogens is 3. The predicted molar refractivity (Wildman–Crippen MR) is 95.4 cm³/mol. The molecule has 1 fully saturated rings. The third kappa shape index (κ3) is 3.18. The van der Waals surface area contributed by atoms with Crippen LogP contribution in [0, 0.1) is 0 Å². The minimum absolute atomic E-state index is 0.0458. The predicted octanol–water partition coefficient (Wildman–Crippen LogP) is 2.30. The molecule has 0 spiro atoms. The van der Waals surface area contributed by atoms with E-state index in [2.05, 4.69) is 44.8 Å². The van der Waals surface area contributed by atoms with Crippen LogP contribution in [0.4, 0.5) is 10.7 Å². The molecule has 3 aromatic rings. The number of hydrogen-bond donors (Lipinski definition) is 2. The summed E-state index contributed by atoms with van der Waals surface area (Å²) < 4.78 is 1.63. The average Bonchev–Trinajstić information content (AvgIpc) is 3.18. The van der Waals surface area contributed by atoms with Gasteiger partial charge in [0.2, 0.25) is 0 Å². The zero-order valence-corrected chi connectivity index (χ0v) is 14.0. The highest BCUT2D eigenvalue weighted by atomic mass is 16.2. The summed E-state index contributed by atoms with van der Waals surface area (Å²) in [5.41, 5.74) is 1.90. The molecule has 7 nitrogen and oxygen atoms in total. The van der Waals surface area contributed by atoms with Crippen molar-refractivity contribution in [3.63, 3.8) is 0 Å². The van der Waals surface area contributed by atoms with Crippen LogP contribution in [-0.2, 0) is 0 Å². The maximum atomic E-state index is 12.4. The quantitative estimate of drug-likeness (QED) is 0.770. The van der Waals surface area contributed by atoms with E-state index >= 15 is 0 Å². The molecular formula is C18H20N6O. The number of likely N-dealkylation sites (N-methyl/N-ethyl adjacent to an activating group) is 1. The molecule has 25 heavy (non-hydrogen) atoms. The minimum Gasteiger partial charge on any atom is -0.333 e. The number of carbonyl (C=O) groups is 1. The summed E-state index contributed by atoms with van der Waals surface area (Å²) in [6, 6.07) is 15.8. The van der Waals surface area contributed by atoms with Gasteiger partial charge < -0.3 is 5.32 Å². The maximum Gasteiger partial charge on any atom is 0.321 e. The second kappa shape index (κ2) is 6.52. The molecule has 2 N–H and O–H groups in total. The number of hydrogen-bond acceptors (Lipinski definition) is 4. The van der Waals surface area contributed by atoms with Gasteiger partial charge in [-0.3, -0.25) is 10.2 Å². The van der Waals surface area contributed by atoms with E-state index in [0.717, 1.165) is 13.0 Å². The van der Waals surface area contributed by atoms with Crippen molar-refractivity contribution in [2.24, 2.45) is 0 Å². The number of nitrogens with zero attached hydrogens (tertiary/aromatic N) is 4. The summed E-state index contributed by atoms with van der Waals surface area (Å²) in [6.45, 7) is 0.942. The zero-order valence-electron chi connectivity index (χ0n) is 14.0. The first kappa shape index (κ1) is 15.6. The van der Waals surface area contributed by atoms with Gasteiger partial charge in [0.25, 0.3) is 5.95 Å². The van der Waals surface area contributed by atoms with Crippen molar-refractivity contribution in [1.82, 2.24) is 24.8 Å². The molecule has 0 bridgehead atoms. The molecule has 7 heteroatoms. The molecule has 0 unspecified atom stereocenters. The number of benzene rings is 1. The van der Waals surface area contributed by atoms with Gasteiger partial charge in [-0.15, -0.1) is 5.10 Å². The molecule has 2 amide bonds. The molecule has 0 saturated carbocycles. The monoisotopic (exact) mass is 336 g/mol. The minimum atomic E-state index is -0.280. The molecular weight excluding hydrogens is 316 g/mol. The lowest BCUT2D eigenvalue weighted by Crippen LogP contribution is -2.41. The van der Waals surface area contributed by atoms with Gasteiger partial charge in [-0.05, 0) is 31.2 Å². The molecule has 0 aliphatic carbocycles. The van der Waals surface area contributed by atoms with Gasteiger partial charge >= 0.3 is 6.03 Å². The van der Waals surface area contributed by atoms with Gasteiger partial charge in [0.05, 0.1) is 12.1 Å². The van der Waals surface area contributed by atoms with Gasteiger partial charge in [0.1, 0.15) is 0 Å². The molecule has 4 rings (SSSR count). The fourth-order valence-corrected chi connectivity index (χ4v) is 3.43. The molecule has 0 radical (unpaired) electrons. The number of fused-ring (bicyclic) bond motifs is 1. The van der Waals surface area contributed by atoms with Crippen molar-refractivity contribution >= 4 is 17.6 Å². The summed E-state index contributed by atoms with van der Waals surface area (Å²) in [5.74, 6) is 0.298. The zero-order chi connectivity index (χ0) is 17.2. The Morgan fingerprint density at radius 1 is 1.16 bits per heavy atom. The normalized spacial score (nSPS) is 20.7. The molecule has 1 aliphatic heterocycles. The second-order valence-electron chi connectivity index (χ2n) is 6.27. The van der Waals surface area contributed by atoms with Crippen LogP contribution in [0.15, 0.2) is 54.7 Å². The number of rotatable bonds is 3. The highest BCUT2D eigenvalue weighted by Crippen LogP contribution is 2.30. The molecule has 1 saturated heterocycles. The Labute approximate surface area is 145 Å². The van der Waals surface area contributed by atoms with Crippen LogP contribution in [0.2, 0.25) is 0 Å². The number of urea groups is 1. The fraction of sp³-hybridized carbons (Fsp3) is 0.278. The van der Waals surface area contributed by atoms with Crippen LogP contribution in [0.5, 0.6) is 0 Å². The summed E-state index contributed by atoms with van der Waals surface area (Å²) in [4.78, 5) is 19.0. The van der Waals surface area contributed by atoms with E-state index in [9.17, 15) is 4.79 Å². The Hall–Kier alpha value is -2.93. The van der Waals surface area contributed by atoms with Gasteiger partial charge in [-0.25, -0.2) is 9.31 Å². The summed E-state index contributed by atoms with van der Waals surface area (Å²) in [5, 5.41) is 10.0. The number of anilines is 1. The van der Waals surface area contributed by atoms with Gasteiger partial charge in [0.15, 0.2) is 5.65 Å². The Bertz CT molecular complexity index is 844. The number of carbonyl (C=O) groups excluding carboxylic acids is 1. The number of pyridine rings is 1. The summed E-state index contributed by atoms with van der Waals surface area (Å²) in [6.07, 6.45) is 2.70. The number of likely N-dealkylation sites (tertiary alicyclic amines) is 1. The molecule has 1 aliphatic rings. The summed E-state index contributed by atoms with van der Waals surface area (Å²) in [7, 11) is 2.08. The van der Waals surface area contributed by atoms with Gasteiger partial charge in [0, 0.05) is 12.7 Å². The Morgan fingerprint density at radius 3 is 2.76 bits per heavy atom. The van der Waals surface area contributed by atoms with Crippen molar-refractivity contribution in [1.29, 1.82) is 0 Å². The topological polar surface area (TPSA) is 74.6 Å². The molecule has 2 atom stereocenters. The van der Waals surface area contributed by atoms with Crippen molar-refractivity contribution in [2.75, 3.05) is 18.9 Å². The highest BCUT2D eigenvalue weighted by molar-refractivity contribution is 5.87. The number of amides is 2. The first-order valence-electron chi connectivity index (χ1n) is 8.35. The maximum absolute atomic E-state index is 12.4. The first-order chi connectivity index (χ1) is 12.2. The van der Waals surface area contributed by atoms with Crippen LogP contribution in [-0.4, -0.2) is 45.2 Å². The van der Waals surface area contributed by atoms with E-state index in [0.29, 0.717) is 11.6 Å². The van der Waals surface area contributed by atoms with Crippen LogP contribution in [0.1, 0.15) is 18.0 Å². The lowest BCUT2D eigenvalue weighted by molar-refractivity contribution is 0.240. The average molecular weight is 336 g/mol. The second-order valence-corrected chi connectivity index (χ2v) is 6.27. The summed E-state index contributed by atoms with van der Waals surface area (Å²) >= 11 is 0. The number of nitrogens with one attached hydrogen (secondary N) is 2. The van der Waals surface area contributed by atoms with E-state index in [4.69, 9.17) is 0 Å². The van der Waals surface area contributed by atoms with Crippen molar-refractivity contribution in [3.05, 3.63) is 60.3 Å². The Balaban J connectivity index is 1.46. The van der Waals surface area contributed by atoms with Crippen LogP contribution in [0.25, 0.3) is 5.65 Å². The Kier molecular flexibility index (Phi) is 4.07. The van der Waals surface area contributed by atoms with Crippen LogP contribution in [0.3, 0.4) is 0 Å². The lowest BCUT2D eigenvalue weighted by Gasteiger charge is -2.26. The van der Waals surface area contributed by atoms with Gasteiger partial charge in [-0.2, -0.15) is 4.98 Å². The van der Waals surface area contributed by atoms with Gasteiger partial charge in [-0.1, -0.05) is 36.4 Å². The third-order valence-electron chi connectivity index (χ3n) is 4.57. The van der Waals surface area contributed by atoms with Crippen molar-refractivity contribution in [2.45, 2.75) is 18.5 Å². The Morgan fingerprint density at radius 2 is 1.96 bits per heavy atom. The van der Waals surface area contributed by atoms with E-state index in [1.54, 1.807) is 10.7 Å². The molecule has 3 heterocycles. The smallest absolute Gasteiger partial charge is 0.321 e. The first-order valence-corrected chi connectivity index (χ1v) is 8.35. The molecule has 128 valence electrons.